The van der Waals surface area contributed by atoms with Gasteiger partial charge in [0.1, 0.15) is 0 Å². The molecule has 3 rings (SSSR count). The largest absolute Gasteiger partial charge is 0.504 e. The zero-order valence-corrected chi connectivity index (χ0v) is 17.5. The van der Waals surface area contributed by atoms with Gasteiger partial charge in [-0.05, 0) is 49.8 Å². The van der Waals surface area contributed by atoms with E-state index in [1.54, 1.807) is 23.7 Å². The van der Waals surface area contributed by atoms with Gasteiger partial charge < -0.3 is 19.9 Å². The fourth-order valence-electron chi connectivity index (χ4n) is 2.97. The standard InChI is InChI=1S/C23H23N3O5/c1-15-23(16(2)26(25-15)18-7-5-4-6-8-18)24-21(28)14-31-22(29)12-10-17-9-11-19(27)20(13-17)30-3/h4-13,27H,14H2,1-3H3,(H,24,28)/b12-10+. The number of aromatic nitrogens is 2. The molecule has 0 saturated carbocycles. The summed E-state index contributed by atoms with van der Waals surface area (Å²) >= 11 is 0. The lowest BCUT2D eigenvalue weighted by molar-refractivity contribution is -0.142. The van der Waals surface area contributed by atoms with E-state index in [4.69, 9.17) is 9.47 Å². The SMILES string of the molecule is COc1cc(/C=C/C(=O)OCC(=O)Nc2c(C)nn(-c3ccccc3)c2C)ccc1O. The summed E-state index contributed by atoms with van der Waals surface area (Å²) in [7, 11) is 1.43. The number of esters is 1. The molecule has 0 radical (unpaired) electrons. The molecule has 2 N–H and O–H groups in total. The molecule has 3 aromatic rings. The lowest BCUT2D eigenvalue weighted by atomic mass is 10.2. The number of aryl methyl sites for hydroxylation is 1. The molecule has 0 bridgehead atoms. The van der Waals surface area contributed by atoms with Gasteiger partial charge in [-0.2, -0.15) is 5.10 Å². The van der Waals surface area contributed by atoms with Crippen molar-refractivity contribution in [2.24, 2.45) is 0 Å². The number of ether oxygens (including phenoxy) is 2. The average molecular weight is 421 g/mol. The van der Waals surface area contributed by atoms with Crippen molar-refractivity contribution in [3.8, 4) is 17.2 Å². The van der Waals surface area contributed by atoms with Gasteiger partial charge in [0, 0.05) is 6.08 Å². The highest BCUT2D eigenvalue weighted by Gasteiger charge is 2.16. The summed E-state index contributed by atoms with van der Waals surface area (Å²) in [5.74, 6) is -0.848. The number of nitrogens with zero attached hydrogens (tertiary/aromatic N) is 2. The third-order valence-corrected chi connectivity index (χ3v) is 4.52. The molecule has 0 aliphatic heterocycles. The van der Waals surface area contributed by atoms with Crippen molar-refractivity contribution in [1.82, 2.24) is 9.78 Å². The monoisotopic (exact) mass is 421 g/mol. The number of carbonyl (C=O) groups excluding carboxylic acids is 2. The molecule has 8 nitrogen and oxygen atoms in total. The number of phenols is 1. The van der Waals surface area contributed by atoms with Crippen molar-refractivity contribution >= 4 is 23.6 Å². The predicted octanol–water partition coefficient (Wildman–Crippen LogP) is 3.40. The highest BCUT2D eigenvalue weighted by atomic mass is 16.5. The van der Waals surface area contributed by atoms with E-state index in [2.05, 4.69) is 10.4 Å². The van der Waals surface area contributed by atoms with E-state index in [1.807, 2.05) is 37.3 Å². The second-order valence-corrected chi connectivity index (χ2v) is 6.71. The number of rotatable bonds is 7. The zero-order valence-electron chi connectivity index (χ0n) is 17.5. The molecule has 0 aliphatic rings. The number of amides is 1. The second-order valence-electron chi connectivity index (χ2n) is 6.71. The van der Waals surface area contributed by atoms with Crippen molar-refractivity contribution in [1.29, 1.82) is 0 Å². The van der Waals surface area contributed by atoms with E-state index in [-0.39, 0.29) is 11.5 Å². The Kier molecular flexibility index (Phi) is 6.71. The zero-order chi connectivity index (χ0) is 22.4. The van der Waals surface area contributed by atoms with Crippen LogP contribution in [-0.4, -0.2) is 40.5 Å². The van der Waals surface area contributed by atoms with Gasteiger partial charge in [0.15, 0.2) is 18.1 Å². The van der Waals surface area contributed by atoms with Gasteiger partial charge in [0.2, 0.25) is 0 Å². The summed E-state index contributed by atoms with van der Waals surface area (Å²) in [6.45, 7) is 3.21. The first-order valence-corrected chi connectivity index (χ1v) is 9.52. The molecule has 1 heterocycles. The van der Waals surface area contributed by atoms with Crippen molar-refractivity contribution in [3.05, 3.63) is 71.6 Å². The number of para-hydroxylation sites is 1. The van der Waals surface area contributed by atoms with Crippen LogP contribution in [0.15, 0.2) is 54.6 Å². The Balaban J connectivity index is 1.58. The molecular formula is C23H23N3O5. The van der Waals surface area contributed by atoms with E-state index in [1.165, 1.54) is 25.3 Å². The molecule has 1 aromatic heterocycles. The van der Waals surface area contributed by atoms with Gasteiger partial charge in [-0.15, -0.1) is 0 Å². The Hall–Kier alpha value is -4.07. The van der Waals surface area contributed by atoms with Crippen LogP contribution >= 0.6 is 0 Å². The van der Waals surface area contributed by atoms with E-state index in [0.717, 1.165) is 11.4 Å². The normalized spacial score (nSPS) is 10.8. The maximum Gasteiger partial charge on any atom is 0.331 e. The Morgan fingerprint density at radius 2 is 1.90 bits per heavy atom. The van der Waals surface area contributed by atoms with E-state index < -0.39 is 18.5 Å². The highest BCUT2D eigenvalue weighted by molar-refractivity contribution is 5.95. The van der Waals surface area contributed by atoms with Gasteiger partial charge in [-0.1, -0.05) is 24.3 Å². The molecule has 31 heavy (non-hydrogen) atoms. The molecule has 8 heteroatoms. The van der Waals surface area contributed by atoms with Crippen LogP contribution in [0.1, 0.15) is 17.0 Å². The number of hydrogen-bond acceptors (Lipinski definition) is 6. The van der Waals surface area contributed by atoms with E-state index in [9.17, 15) is 14.7 Å². The minimum absolute atomic E-state index is 0.0000660. The van der Waals surface area contributed by atoms with Crippen LogP contribution in [0, 0.1) is 13.8 Å². The summed E-state index contributed by atoms with van der Waals surface area (Å²) in [5.41, 5.74) is 3.52. The molecule has 1 amide bonds. The molecule has 0 aliphatic carbocycles. The fraction of sp³-hybridized carbons (Fsp3) is 0.174. The maximum absolute atomic E-state index is 12.3. The van der Waals surface area contributed by atoms with E-state index >= 15 is 0 Å². The van der Waals surface area contributed by atoms with Gasteiger partial charge in [0.05, 0.1) is 29.9 Å². The van der Waals surface area contributed by atoms with Crippen molar-refractivity contribution < 1.29 is 24.2 Å². The number of nitrogens with one attached hydrogen (secondary N) is 1. The first-order chi connectivity index (χ1) is 14.9. The van der Waals surface area contributed by atoms with Crippen molar-refractivity contribution in [2.75, 3.05) is 19.0 Å². The average Bonchev–Trinajstić information content (AvgIpc) is 3.06. The van der Waals surface area contributed by atoms with Crippen LogP contribution in [0.4, 0.5) is 5.69 Å². The Labute approximate surface area is 179 Å². The molecular weight excluding hydrogens is 398 g/mol. The van der Waals surface area contributed by atoms with E-state index in [0.29, 0.717) is 16.9 Å². The number of methoxy groups -OCH3 is 1. The lowest BCUT2D eigenvalue weighted by Crippen LogP contribution is -2.20. The number of hydrogen-bond donors (Lipinski definition) is 2. The summed E-state index contributed by atoms with van der Waals surface area (Å²) in [6.07, 6.45) is 2.70. The minimum atomic E-state index is -0.671. The lowest BCUT2D eigenvalue weighted by Gasteiger charge is -2.07. The molecule has 2 aromatic carbocycles. The Morgan fingerprint density at radius 1 is 1.16 bits per heavy atom. The smallest absolute Gasteiger partial charge is 0.331 e. The fourth-order valence-corrected chi connectivity index (χ4v) is 2.97. The minimum Gasteiger partial charge on any atom is -0.504 e. The number of carbonyl (C=O) groups is 2. The quantitative estimate of drug-likeness (QED) is 0.448. The van der Waals surface area contributed by atoms with Gasteiger partial charge in [0.25, 0.3) is 5.91 Å². The third-order valence-electron chi connectivity index (χ3n) is 4.52. The topological polar surface area (TPSA) is 103 Å². The van der Waals surface area contributed by atoms with Crippen LogP contribution in [0.25, 0.3) is 11.8 Å². The number of aromatic hydroxyl groups is 1. The molecule has 0 unspecified atom stereocenters. The molecule has 0 fully saturated rings. The van der Waals surface area contributed by atoms with Crippen LogP contribution in [0.5, 0.6) is 11.5 Å². The first kappa shape index (κ1) is 21.6. The molecule has 0 saturated heterocycles. The number of phenolic OH excluding ortho intramolecular Hbond substituents is 1. The van der Waals surface area contributed by atoms with Crippen molar-refractivity contribution in [2.45, 2.75) is 13.8 Å². The predicted molar refractivity (Wildman–Crippen MR) is 116 cm³/mol. The number of benzene rings is 2. The Morgan fingerprint density at radius 3 is 2.61 bits per heavy atom. The summed E-state index contributed by atoms with van der Waals surface area (Å²) in [6, 6.07) is 14.2. The highest BCUT2D eigenvalue weighted by Crippen LogP contribution is 2.26. The third kappa shape index (κ3) is 5.30. The summed E-state index contributed by atoms with van der Waals surface area (Å²) in [5, 5.41) is 16.8. The van der Waals surface area contributed by atoms with Crippen LogP contribution < -0.4 is 10.1 Å². The van der Waals surface area contributed by atoms with Crippen LogP contribution in [-0.2, 0) is 14.3 Å². The maximum atomic E-state index is 12.3. The second kappa shape index (κ2) is 9.62. The van der Waals surface area contributed by atoms with Crippen molar-refractivity contribution in [3.63, 3.8) is 0 Å². The van der Waals surface area contributed by atoms with Crippen LogP contribution in [0.2, 0.25) is 0 Å². The van der Waals surface area contributed by atoms with Gasteiger partial charge in [-0.25, -0.2) is 9.48 Å². The molecule has 0 spiro atoms. The summed E-state index contributed by atoms with van der Waals surface area (Å²) < 4.78 is 11.8. The summed E-state index contributed by atoms with van der Waals surface area (Å²) in [4.78, 5) is 24.2. The molecule has 160 valence electrons. The Bertz CT molecular complexity index is 1120. The van der Waals surface area contributed by atoms with Crippen LogP contribution in [0.3, 0.4) is 0 Å². The van der Waals surface area contributed by atoms with Gasteiger partial charge >= 0.3 is 5.97 Å². The van der Waals surface area contributed by atoms with Gasteiger partial charge in [-0.3, -0.25) is 4.79 Å². The number of anilines is 1. The molecule has 0 atom stereocenters. The first-order valence-electron chi connectivity index (χ1n) is 9.52.